The van der Waals surface area contributed by atoms with Gasteiger partial charge in [-0.15, -0.1) is 0 Å². The summed E-state index contributed by atoms with van der Waals surface area (Å²) in [6.45, 7) is 15.0. The number of anilines is 2. The summed E-state index contributed by atoms with van der Waals surface area (Å²) in [7, 11) is 3.09. The fourth-order valence-electron chi connectivity index (χ4n) is 6.01. The molecule has 2 heterocycles. The van der Waals surface area contributed by atoms with Gasteiger partial charge >= 0.3 is 5.97 Å². The largest absolute Gasteiger partial charge is 0.497 e. The first-order valence-electron chi connectivity index (χ1n) is 13.9. The zero-order chi connectivity index (χ0) is 28.6. The van der Waals surface area contributed by atoms with Crippen LogP contribution in [-0.4, -0.2) is 52.0 Å². The molecule has 7 nitrogen and oxygen atoms in total. The van der Waals surface area contributed by atoms with Crippen molar-refractivity contribution >= 4 is 17.3 Å². The third kappa shape index (κ3) is 5.10. The summed E-state index contributed by atoms with van der Waals surface area (Å²) in [5.74, 6) is 1.49. The molecule has 3 aromatic rings. The molecule has 0 radical (unpaired) electrons. The van der Waals surface area contributed by atoms with Gasteiger partial charge in [0.1, 0.15) is 23.2 Å². The van der Waals surface area contributed by atoms with Gasteiger partial charge in [0.05, 0.1) is 26.4 Å². The van der Waals surface area contributed by atoms with Gasteiger partial charge in [0.25, 0.3) is 0 Å². The molecule has 5 rings (SSSR count). The number of ether oxygens (including phenoxy) is 4. The van der Waals surface area contributed by atoms with Crippen molar-refractivity contribution in [3.63, 3.8) is 0 Å². The van der Waals surface area contributed by atoms with Crippen LogP contribution in [-0.2, 0) is 16.1 Å². The first-order valence-corrected chi connectivity index (χ1v) is 13.9. The van der Waals surface area contributed by atoms with E-state index in [0.717, 1.165) is 48.8 Å². The molecule has 0 saturated carbocycles. The molecule has 0 spiro atoms. The summed E-state index contributed by atoms with van der Waals surface area (Å²) >= 11 is 0. The van der Waals surface area contributed by atoms with E-state index in [-0.39, 0.29) is 12.1 Å². The molecular weight excluding hydrogens is 504 g/mol. The molecule has 40 heavy (non-hydrogen) atoms. The summed E-state index contributed by atoms with van der Waals surface area (Å²) in [6, 6.07) is 15.7. The van der Waals surface area contributed by atoms with Gasteiger partial charge < -0.3 is 28.7 Å². The Morgan fingerprint density at radius 3 is 2.10 bits per heavy atom. The molecule has 2 aliphatic rings. The van der Waals surface area contributed by atoms with Crippen LogP contribution in [0.1, 0.15) is 58.1 Å². The van der Waals surface area contributed by atoms with Gasteiger partial charge in [0, 0.05) is 43.1 Å². The Balaban J connectivity index is 1.37. The molecule has 0 aliphatic carbocycles. The van der Waals surface area contributed by atoms with Gasteiger partial charge in [0.2, 0.25) is 0 Å². The number of esters is 1. The van der Waals surface area contributed by atoms with Crippen molar-refractivity contribution in [3.8, 4) is 11.5 Å². The summed E-state index contributed by atoms with van der Waals surface area (Å²) in [6.07, 6.45) is -0.221. The van der Waals surface area contributed by atoms with Gasteiger partial charge in [-0.25, -0.2) is 4.79 Å². The number of nitrogens with zero attached hydrogens (tertiary/aromatic N) is 2. The van der Waals surface area contributed by atoms with E-state index < -0.39 is 5.60 Å². The minimum atomic E-state index is -0.512. The molecule has 1 saturated heterocycles. The highest BCUT2D eigenvalue weighted by Crippen LogP contribution is 2.52. The van der Waals surface area contributed by atoms with Crippen LogP contribution in [0, 0.1) is 20.8 Å². The maximum absolute atomic E-state index is 11.8. The lowest BCUT2D eigenvalue weighted by Crippen LogP contribution is -2.47. The molecule has 1 unspecified atom stereocenters. The molecule has 3 aromatic carbocycles. The van der Waals surface area contributed by atoms with E-state index in [1.165, 1.54) is 35.2 Å². The van der Waals surface area contributed by atoms with Gasteiger partial charge in [-0.1, -0.05) is 12.1 Å². The number of benzene rings is 3. The minimum absolute atomic E-state index is 0.221. The number of piperazine rings is 1. The van der Waals surface area contributed by atoms with Crippen LogP contribution in [0.4, 0.5) is 11.4 Å². The minimum Gasteiger partial charge on any atom is -0.497 e. The van der Waals surface area contributed by atoms with Gasteiger partial charge in [-0.3, -0.25) is 0 Å². The molecule has 0 aromatic heterocycles. The van der Waals surface area contributed by atoms with Crippen molar-refractivity contribution in [1.29, 1.82) is 0 Å². The highest BCUT2D eigenvalue weighted by Gasteiger charge is 2.45. The highest BCUT2D eigenvalue weighted by atomic mass is 16.6. The number of rotatable bonds is 7. The molecule has 0 N–H and O–H groups in total. The van der Waals surface area contributed by atoms with Crippen molar-refractivity contribution in [2.24, 2.45) is 0 Å². The van der Waals surface area contributed by atoms with Crippen molar-refractivity contribution in [1.82, 2.24) is 0 Å². The lowest BCUT2D eigenvalue weighted by molar-refractivity contribution is -0.0600. The quantitative estimate of drug-likeness (QED) is 0.330. The Labute approximate surface area is 237 Å². The standard InChI is InChI=1S/C33H40N2O5/c1-21-22(2)30-28(31(33(4,5)40-30)39-20-24-8-10-25(11-9-24)32(36)38-7)23(3)29(21)35-18-16-34(17-19-35)26-12-14-27(37-6)15-13-26/h8-15,31H,16-20H2,1-7H3. The van der Waals surface area contributed by atoms with Crippen molar-refractivity contribution < 1.29 is 23.7 Å². The monoisotopic (exact) mass is 544 g/mol. The Bertz CT molecular complexity index is 1370. The van der Waals surface area contributed by atoms with E-state index in [1.807, 2.05) is 24.3 Å². The normalized spacial score (nSPS) is 17.8. The van der Waals surface area contributed by atoms with Crippen LogP contribution >= 0.6 is 0 Å². The zero-order valence-corrected chi connectivity index (χ0v) is 24.7. The number of hydrogen-bond donors (Lipinski definition) is 0. The van der Waals surface area contributed by atoms with Gasteiger partial charge in [0.15, 0.2) is 0 Å². The zero-order valence-electron chi connectivity index (χ0n) is 24.7. The lowest BCUT2D eigenvalue weighted by atomic mass is 9.89. The van der Waals surface area contributed by atoms with Crippen LogP contribution in [0.5, 0.6) is 11.5 Å². The first-order chi connectivity index (χ1) is 19.1. The van der Waals surface area contributed by atoms with Gasteiger partial charge in [-0.2, -0.15) is 0 Å². The van der Waals surface area contributed by atoms with E-state index >= 15 is 0 Å². The number of hydrogen-bond acceptors (Lipinski definition) is 7. The predicted octanol–water partition coefficient (Wildman–Crippen LogP) is 6.16. The Kier molecular flexibility index (Phi) is 7.69. The maximum Gasteiger partial charge on any atom is 0.337 e. The molecule has 1 atom stereocenters. The van der Waals surface area contributed by atoms with E-state index in [9.17, 15) is 4.79 Å². The Hall–Kier alpha value is -3.71. The molecule has 7 heteroatoms. The second kappa shape index (κ2) is 11.0. The molecule has 0 bridgehead atoms. The van der Waals surface area contributed by atoms with E-state index in [2.05, 4.69) is 56.6 Å². The van der Waals surface area contributed by atoms with E-state index in [0.29, 0.717) is 12.2 Å². The Morgan fingerprint density at radius 2 is 1.50 bits per heavy atom. The lowest BCUT2D eigenvalue weighted by Gasteiger charge is -2.39. The van der Waals surface area contributed by atoms with Crippen LogP contribution < -0.4 is 19.3 Å². The summed E-state index contributed by atoms with van der Waals surface area (Å²) in [5, 5.41) is 0. The Morgan fingerprint density at radius 1 is 0.875 bits per heavy atom. The molecule has 2 aliphatic heterocycles. The summed E-state index contributed by atoms with van der Waals surface area (Å²) < 4.78 is 23.3. The van der Waals surface area contributed by atoms with Crippen molar-refractivity contribution in [2.75, 3.05) is 50.2 Å². The van der Waals surface area contributed by atoms with Crippen LogP contribution in [0.3, 0.4) is 0 Å². The highest BCUT2D eigenvalue weighted by molar-refractivity contribution is 5.89. The number of carbonyl (C=O) groups is 1. The number of fused-ring (bicyclic) bond motifs is 1. The average Bonchev–Trinajstić information content (AvgIpc) is 3.25. The van der Waals surface area contributed by atoms with E-state index in [4.69, 9.17) is 18.9 Å². The van der Waals surface area contributed by atoms with Crippen LogP contribution in [0.15, 0.2) is 48.5 Å². The average molecular weight is 545 g/mol. The third-order valence-corrected chi connectivity index (χ3v) is 8.35. The SMILES string of the molecule is COC(=O)c1ccc(COC2c3c(C)c(N4CCN(c5ccc(OC)cc5)CC4)c(C)c(C)c3OC2(C)C)cc1. The molecule has 212 valence electrons. The van der Waals surface area contributed by atoms with Crippen LogP contribution in [0.2, 0.25) is 0 Å². The smallest absolute Gasteiger partial charge is 0.337 e. The fraction of sp³-hybridized carbons (Fsp3) is 0.424. The summed E-state index contributed by atoms with van der Waals surface area (Å²) in [4.78, 5) is 16.8. The predicted molar refractivity (Wildman–Crippen MR) is 158 cm³/mol. The second-order valence-electron chi connectivity index (χ2n) is 11.2. The third-order valence-electron chi connectivity index (χ3n) is 8.35. The van der Waals surface area contributed by atoms with E-state index in [1.54, 1.807) is 19.2 Å². The number of carbonyl (C=O) groups excluding carboxylic acids is 1. The van der Waals surface area contributed by atoms with Crippen molar-refractivity contribution in [2.45, 2.75) is 52.9 Å². The number of methoxy groups -OCH3 is 2. The van der Waals surface area contributed by atoms with Crippen molar-refractivity contribution in [3.05, 3.63) is 81.9 Å². The molecular formula is C33H40N2O5. The second-order valence-corrected chi connectivity index (χ2v) is 11.2. The first kappa shape index (κ1) is 27.8. The van der Waals surface area contributed by atoms with Gasteiger partial charge in [-0.05, 0) is 93.3 Å². The molecule has 0 amide bonds. The topological polar surface area (TPSA) is 60.5 Å². The van der Waals surface area contributed by atoms with Crippen LogP contribution in [0.25, 0.3) is 0 Å². The molecule has 1 fully saturated rings. The summed E-state index contributed by atoms with van der Waals surface area (Å²) in [5.41, 5.74) is 8.35. The maximum atomic E-state index is 11.8. The fourth-order valence-corrected chi connectivity index (χ4v) is 6.01.